The molecule has 13 heavy (non-hydrogen) atoms. The molecule has 1 heterocycles. The molecule has 0 aliphatic carbocycles. The van der Waals surface area contributed by atoms with E-state index in [4.69, 9.17) is 0 Å². The molecule has 0 saturated carbocycles. The zero-order valence-corrected chi connectivity index (χ0v) is 8.71. The molecule has 1 amide bonds. The number of hydrogen-bond acceptors (Lipinski definition) is 3. The molecule has 4 nitrogen and oxygen atoms in total. The molecular weight excluding hydrogens is 166 g/mol. The highest BCUT2D eigenvalue weighted by atomic mass is 16.2. The fourth-order valence-corrected chi connectivity index (χ4v) is 1.64. The third kappa shape index (κ3) is 2.42. The third-order valence-electron chi connectivity index (χ3n) is 2.65. The average molecular weight is 185 g/mol. The van der Waals surface area contributed by atoms with Crippen LogP contribution in [-0.4, -0.2) is 62.5 Å². The molecular formula is C9H19N3O. The van der Waals surface area contributed by atoms with E-state index in [1.807, 2.05) is 26.0 Å². The first-order chi connectivity index (χ1) is 6.16. The normalized spacial score (nSPS) is 25.3. The third-order valence-corrected chi connectivity index (χ3v) is 2.65. The summed E-state index contributed by atoms with van der Waals surface area (Å²) >= 11 is 0. The van der Waals surface area contributed by atoms with Crippen molar-refractivity contribution in [3.8, 4) is 0 Å². The number of rotatable bonds is 3. The molecule has 0 bridgehead atoms. The van der Waals surface area contributed by atoms with E-state index >= 15 is 0 Å². The first-order valence-corrected chi connectivity index (χ1v) is 4.76. The van der Waals surface area contributed by atoms with Gasteiger partial charge in [-0.2, -0.15) is 0 Å². The number of nitrogens with one attached hydrogen (secondary N) is 1. The standard InChI is InChI=1S/C9H19N3O/c1-10-5-4-8-9(13)12(3)7-6-11(8)2/h8,10H,4-7H2,1-3H3. The van der Waals surface area contributed by atoms with Crippen LogP contribution in [0.3, 0.4) is 0 Å². The van der Waals surface area contributed by atoms with E-state index in [1.165, 1.54) is 0 Å². The number of hydrogen-bond donors (Lipinski definition) is 1. The Morgan fingerprint density at radius 1 is 1.46 bits per heavy atom. The average Bonchev–Trinajstić information content (AvgIpc) is 2.12. The van der Waals surface area contributed by atoms with Gasteiger partial charge in [-0.05, 0) is 27.1 Å². The quantitative estimate of drug-likeness (QED) is 0.636. The van der Waals surface area contributed by atoms with Gasteiger partial charge in [0.25, 0.3) is 0 Å². The van der Waals surface area contributed by atoms with Gasteiger partial charge >= 0.3 is 0 Å². The molecule has 0 aromatic rings. The number of carbonyl (C=O) groups excluding carboxylic acids is 1. The Kier molecular flexibility index (Phi) is 3.69. The van der Waals surface area contributed by atoms with Crippen LogP contribution in [0, 0.1) is 0 Å². The molecule has 1 aliphatic rings. The topological polar surface area (TPSA) is 35.6 Å². The molecule has 0 radical (unpaired) electrons. The fraction of sp³-hybridized carbons (Fsp3) is 0.889. The minimum absolute atomic E-state index is 0.0752. The fourth-order valence-electron chi connectivity index (χ4n) is 1.64. The Labute approximate surface area is 79.9 Å². The van der Waals surface area contributed by atoms with Crippen molar-refractivity contribution in [1.82, 2.24) is 15.1 Å². The van der Waals surface area contributed by atoms with Crippen LogP contribution in [0.4, 0.5) is 0 Å². The number of likely N-dealkylation sites (N-methyl/N-ethyl adjacent to an activating group) is 2. The lowest BCUT2D eigenvalue weighted by Crippen LogP contribution is -2.54. The lowest BCUT2D eigenvalue weighted by atomic mass is 10.1. The van der Waals surface area contributed by atoms with Crippen molar-refractivity contribution in [3.63, 3.8) is 0 Å². The van der Waals surface area contributed by atoms with Gasteiger partial charge in [0, 0.05) is 20.1 Å². The van der Waals surface area contributed by atoms with Gasteiger partial charge in [-0.15, -0.1) is 0 Å². The number of carbonyl (C=O) groups is 1. The molecule has 4 heteroatoms. The van der Waals surface area contributed by atoms with Crippen LogP contribution >= 0.6 is 0 Å². The summed E-state index contributed by atoms with van der Waals surface area (Å²) in [6.45, 7) is 2.73. The first kappa shape index (κ1) is 10.5. The van der Waals surface area contributed by atoms with Crippen LogP contribution in [0.25, 0.3) is 0 Å². The largest absolute Gasteiger partial charge is 0.343 e. The maximum Gasteiger partial charge on any atom is 0.239 e. The van der Waals surface area contributed by atoms with E-state index < -0.39 is 0 Å². The minimum atomic E-state index is 0.0752. The molecule has 1 atom stereocenters. The van der Waals surface area contributed by atoms with Crippen molar-refractivity contribution >= 4 is 5.91 Å². The summed E-state index contributed by atoms with van der Waals surface area (Å²) < 4.78 is 0. The van der Waals surface area contributed by atoms with Gasteiger partial charge < -0.3 is 10.2 Å². The Morgan fingerprint density at radius 2 is 2.15 bits per heavy atom. The Balaban J connectivity index is 2.51. The highest BCUT2D eigenvalue weighted by Crippen LogP contribution is 2.10. The molecule has 1 saturated heterocycles. The number of amides is 1. The minimum Gasteiger partial charge on any atom is -0.343 e. The van der Waals surface area contributed by atoms with Crippen LogP contribution in [0.1, 0.15) is 6.42 Å². The van der Waals surface area contributed by atoms with Crippen molar-refractivity contribution in [1.29, 1.82) is 0 Å². The first-order valence-electron chi connectivity index (χ1n) is 4.76. The van der Waals surface area contributed by atoms with Crippen molar-refractivity contribution in [3.05, 3.63) is 0 Å². The van der Waals surface area contributed by atoms with Gasteiger partial charge in [0.05, 0.1) is 6.04 Å². The van der Waals surface area contributed by atoms with Gasteiger partial charge in [0.15, 0.2) is 0 Å². The second-order valence-corrected chi connectivity index (χ2v) is 3.65. The van der Waals surface area contributed by atoms with Gasteiger partial charge in [0.1, 0.15) is 0 Å². The molecule has 1 rings (SSSR count). The summed E-state index contributed by atoms with van der Waals surface area (Å²) in [6, 6.07) is 0.0752. The second kappa shape index (κ2) is 4.58. The van der Waals surface area contributed by atoms with E-state index in [1.54, 1.807) is 0 Å². The SMILES string of the molecule is CNCCC1C(=O)N(C)CCN1C. The van der Waals surface area contributed by atoms with Crippen molar-refractivity contribution in [2.45, 2.75) is 12.5 Å². The molecule has 0 spiro atoms. The highest BCUT2D eigenvalue weighted by molar-refractivity contribution is 5.82. The zero-order valence-electron chi connectivity index (χ0n) is 8.71. The molecule has 0 aromatic heterocycles. The molecule has 1 fully saturated rings. The maximum atomic E-state index is 11.7. The highest BCUT2D eigenvalue weighted by Gasteiger charge is 2.29. The summed E-state index contributed by atoms with van der Waals surface area (Å²) in [6.07, 6.45) is 0.899. The van der Waals surface area contributed by atoms with Crippen LogP contribution in [0.5, 0.6) is 0 Å². The summed E-state index contributed by atoms with van der Waals surface area (Å²) in [5.74, 6) is 0.254. The monoisotopic (exact) mass is 185 g/mol. The van der Waals surface area contributed by atoms with Crippen LogP contribution in [0.2, 0.25) is 0 Å². The lowest BCUT2D eigenvalue weighted by molar-refractivity contribution is -0.139. The van der Waals surface area contributed by atoms with E-state index in [9.17, 15) is 4.79 Å². The van der Waals surface area contributed by atoms with Crippen molar-refractivity contribution < 1.29 is 4.79 Å². The van der Waals surface area contributed by atoms with Crippen molar-refractivity contribution in [2.75, 3.05) is 40.8 Å². The second-order valence-electron chi connectivity index (χ2n) is 3.65. The van der Waals surface area contributed by atoms with Crippen molar-refractivity contribution in [2.24, 2.45) is 0 Å². The Bertz CT molecular complexity index is 184. The van der Waals surface area contributed by atoms with Crippen LogP contribution < -0.4 is 5.32 Å². The van der Waals surface area contributed by atoms with E-state index in [0.717, 1.165) is 26.1 Å². The predicted molar refractivity (Wildman–Crippen MR) is 52.6 cm³/mol. The zero-order chi connectivity index (χ0) is 9.84. The molecule has 0 aromatic carbocycles. The van der Waals surface area contributed by atoms with E-state index in [0.29, 0.717) is 0 Å². The van der Waals surface area contributed by atoms with E-state index in [2.05, 4.69) is 10.2 Å². The summed E-state index contributed by atoms with van der Waals surface area (Å²) in [4.78, 5) is 15.7. The maximum absolute atomic E-state index is 11.7. The number of piperazine rings is 1. The Hall–Kier alpha value is -0.610. The van der Waals surface area contributed by atoms with Crippen LogP contribution in [-0.2, 0) is 4.79 Å². The van der Waals surface area contributed by atoms with Gasteiger partial charge in [-0.25, -0.2) is 0 Å². The summed E-state index contributed by atoms with van der Waals surface area (Å²) in [5.41, 5.74) is 0. The summed E-state index contributed by atoms with van der Waals surface area (Å²) in [7, 11) is 5.81. The lowest BCUT2D eigenvalue weighted by Gasteiger charge is -2.36. The van der Waals surface area contributed by atoms with Gasteiger partial charge in [0.2, 0.25) is 5.91 Å². The smallest absolute Gasteiger partial charge is 0.239 e. The van der Waals surface area contributed by atoms with E-state index in [-0.39, 0.29) is 11.9 Å². The molecule has 1 unspecified atom stereocenters. The van der Waals surface area contributed by atoms with Gasteiger partial charge in [-0.3, -0.25) is 9.69 Å². The molecule has 1 aliphatic heterocycles. The summed E-state index contributed by atoms with van der Waals surface area (Å²) in [5, 5.41) is 3.07. The molecule has 76 valence electrons. The van der Waals surface area contributed by atoms with Crippen LogP contribution in [0.15, 0.2) is 0 Å². The molecule has 1 N–H and O–H groups in total. The number of nitrogens with zero attached hydrogens (tertiary/aromatic N) is 2. The van der Waals surface area contributed by atoms with Gasteiger partial charge in [-0.1, -0.05) is 0 Å². The Morgan fingerprint density at radius 3 is 2.77 bits per heavy atom. The predicted octanol–water partition coefficient (Wildman–Crippen LogP) is -0.632.